The van der Waals surface area contributed by atoms with E-state index in [1.54, 1.807) is 30.5 Å². The average molecular weight is 304 g/mol. The normalized spacial score (nSPS) is 10.8. The monoisotopic (exact) mass is 303 g/mol. The second kappa shape index (κ2) is 5.68. The summed E-state index contributed by atoms with van der Waals surface area (Å²) in [4.78, 5) is 4.25. The molecular weight excluding hydrogens is 293 g/mol. The summed E-state index contributed by atoms with van der Waals surface area (Å²) >= 11 is 6.12. The molecule has 0 atom stereocenters. The molecule has 0 saturated carbocycles. The van der Waals surface area contributed by atoms with E-state index in [0.29, 0.717) is 16.3 Å². The minimum Gasteiger partial charge on any atom is -0.455 e. The fourth-order valence-corrected chi connectivity index (χ4v) is 2.32. The summed E-state index contributed by atoms with van der Waals surface area (Å²) in [5.74, 6) is 0.198. The molecule has 3 nitrogen and oxygen atoms in total. The number of aromatic nitrogens is 1. The van der Waals surface area contributed by atoms with Crippen LogP contribution in [0.4, 0.5) is 4.39 Å². The molecule has 21 heavy (non-hydrogen) atoms. The topological polar surface area (TPSA) is 42.4 Å². The number of fused-ring (bicyclic) bond motifs is 1. The fraction of sp³-hybridized carbons (Fsp3) is 0.0625. The van der Waals surface area contributed by atoms with Crippen LogP contribution in [0, 0.1) is 5.82 Å². The Morgan fingerprint density at radius 3 is 2.76 bits per heavy atom. The first-order chi connectivity index (χ1) is 10.2. The molecule has 5 heteroatoms. The Balaban J connectivity index is 2.11. The minimum atomic E-state index is -0.513. The third-order valence-corrected chi connectivity index (χ3v) is 3.46. The van der Waals surface area contributed by atoms with E-state index in [-0.39, 0.29) is 11.3 Å². The number of nitrogens with zero attached hydrogens (tertiary/aromatic N) is 1. The van der Waals surface area contributed by atoms with Crippen molar-refractivity contribution in [1.29, 1.82) is 0 Å². The van der Waals surface area contributed by atoms with Gasteiger partial charge in [-0.25, -0.2) is 4.39 Å². The van der Waals surface area contributed by atoms with Gasteiger partial charge in [0.1, 0.15) is 17.1 Å². The molecule has 0 aliphatic rings. The maximum absolute atomic E-state index is 13.7. The lowest BCUT2D eigenvalue weighted by molar-refractivity contribution is 0.270. The SMILES string of the molecule is OCc1c(F)cccc1Oc1ccc(Cl)c2cccnc12. The third kappa shape index (κ3) is 2.55. The van der Waals surface area contributed by atoms with Crippen LogP contribution in [0.3, 0.4) is 0 Å². The minimum absolute atomic E-state index is 0.108. The van der Waals surface area contributed by atoms with Gasteiger partial charge < -0.3 is 9.84 Å². The van der Waals surface area contributed by atoms with Crippen LogP contribution in [-0.2, 0) is 6.61 Å². The predicted molar refractivity (Wildman–Crippen MR) is 79.1 cm³/mol. The van der Waals surface area contributed by atoms with Crippen LogP contribution in [0.5, 0.6) is 11.5 Å². The smallest absolute Gasteiger partial charge is 0.153 e. The Hall–Kier alpha value is -2.17. The molecule has 3 rings (SSSR count). The van der Waals surface area contributed by atoms with Crippen LogP contribution < -0.4 is 4.74 Å². The van der Waals surface area contributed by atoms with Gasteiger partial charge in [0.2, 0.25) is 0 Å². The van der Waals surface area contributed by atoms with Crippen LogP contribution >= 0.6 is 11.6 Å². The van der Waals surface area contributed by atoms with Crippen molar-refractivity contribution in [2.24, 2.45) is 0 Å². The molecule has 0 spiro atoms. The molecule has 0 aliphatic carbocycles. The summed E-state index contributed by atoms with van der Waals surface area (Å²) in [5, 5.41) is 10.6. The lowest BCUT2D eigenvalue weighted by Gasteiger charge is -2.12. The third-order valence-electron chi connectivity index (χ3n) is 3.13. The fourth-order valence-electron chi connectivity index (χ4n) is 2.10. The summed E-state index contributed by atoms with van der Waals surface area (Å²) in [6.07, 6.45) is 1.63. The number of ether oxygens (including phenoxy) is 1. The number of rotatable bonds is 3. The van der Waals surface area contributed by atoms with Crippen molar-refractivity contribution in [3.8, 4) is 11.5 Å². The van der Waals surface area contributed by atoms with Crippen molar-refractivity contribution in [2.75, 3.05) is 0 Å². The van der Waals surface area contributed by atoms with Crippen molar-refractivity contribution in [3.63, 3.8) is 0 Å². The van der Waals surface area contributed by atoms with Gasteiger partial charge in [0.05, 0.1) is 17.2 Å². The Morgan fingerprint density at radius 1 is 1.10 bits per heavy atom. The molecule has 0 unspecified atom stereocenters. The van der Waals surface area contributed by atoms with Gasteiger partial charge in [-0.3, -0.25) is 4.98 Å². The van der Waals surface area contributed by atoms with Crippen molar-refractivity contribution in [3.05, 3.63) is 65.1 Å². The van der Waals surface area contributed by atoms with Gasteiger partial charge in [-0.1, -0.05) is 17.7 Å². The number of benzene rings is 2. The second-order valence-corrected chi connectivity index (χ2v) is 4.83. The van der Waals surface area contributed by atoms with Gasteiger partial charge in [0, 0.05) is 11.6 Å². The van der Waals surface area contributed by atoms with Gasteiger partial charge in [-0.2, -0.15) is 0 Å². The van der Waals surface area contributed by atoms with Crippen LogP contribution in [0.25, 0.3) is 10.9 Å². The van der Waals surface area contributed by atoms with Crippen molar-refractivity contribution in [2.45, 2.75) is 6.61 Å². The van der Waals surface area contributed by atoms with Crippen molar-refractivity contribution in [1.82, 2.24) is 4.98 Å². The molecule has 0 aliphatic heterocycles. The van der Waals surface area contributed by atoms with E-state index < -0.39 is 12.4 Å². The van der Waals surface area contributed by atoms with Crippen molar-refractivity contribution >= 4 is 22.5 Å². The zero-order valence-electron chi connectivity index (χ0n) is 10.9. The maximum Gasteiger partial charge on any atom is 0.153 e. The number of aliphatic hydroxyl groups excluding tert-OH is 1. The predicted octanol–water partition coefficient (Wildman–Crippen LogP) is 4.31. The van der Waals surface area contributed by atoms with Gasteiger partial charge in [0.15, 0.2) is 5.75 Å². The molecule has 0 bridgehead atoms. The Bertz CT molecular complexity index is 807. The second-order valence-electron chi connectivity index (χ2n) is 4.42. The largest absolute Gasteiger partial charge is 0.455 e. The highest BCUT2D eigenvalue weighted by atomic mass is 35.5. The van der Waals surface area contributed by atoms with Gasteiger partial charge in [0.25, 0.3) is 0 Å². The number of aliphatic hydroxyl groups is 1. The van der Waals surface area contributed by atoms with Crippen LogP contribution in [-0.4, -0.2) is 10.1 Å². The number of hydrogen-bond donors (Lipinski definition) is 1. The summed E-state index contributed by atoms with van der Waals surface area (Å²) in [7, 11) is 0. The standard InChI is InChI=1S/C16H11ClFNO2/c17-12-6-7-15(16-10(12)3-2-8-19-16)21-14-5-1-4-13(18)11(14)9-20/h1-8,20H,9H2. The molecule has 1 N–H and O–H groups in total. The molecule has 1 heterocycles. The Kier molecular flexibility index (Phi) is 3.73. The van der Waals surface area contributed by atoms with Crippen LogP contribution in [0.2, 0.25) is 5.02 Å². The van der Waals surface area contributed by atoms with Crippen LogP contribution in [0.15, 0.2) is 48.7 Å². The highest BCUT2D eigenvalue weighted by Gasteiger charge is 2.12. The molecule has 2 aromatic carbocycles. The van der Waals surface area contributed by atoms with E-state index in [0.717, 1.165) is 5.39 Å². The molecule has 3 aromatic rings. The van der Waals surface area contributed by atoms with E-state index in [1.165, 1.54) is 12.1 Å². The van der Waals surface area contributed by atoms with Gasteiger partial charge in [-0.15, -0.1) is 0 Å². The molecule has 0 saturated heterocycles. The molecule has 0 amide bonds. The highest BCUT2D eigenvalue weighted by Crippen LogP contribution is 2.34. The van der Waals surface area contributed by atoms with E-state index >= 15 is 0 Å². The quantitative estimate of drug-likeness (QED) is 0.784. The Morgan fingerprint density at radius 2 is 1.95 bits per heavy atom. The molecule has 0 fully saturated rings. The number of pyridine rings is 1. The van der Waals surface area contributed by atoms with Crippen molar-refractivity contribution < 1.29 is 14.2 Å². The lowest BCUT2D eigenvalue weighted by atomic mass is 10.2. The molecule has 1 aromatic heterocycles. The summed E-state index contributed by atoms with van der Waals surface area (Å²) in [6, 6.07) is 11.4. The van der Waals surface area contributed by atoms with E-state index in [1.807, 2.05) is 6.07 Å². The van der Waals surface area contributed by atoms with E-state index in [9.17, 15) is 9.50 Å². The average Bonchev–Trinajstić information content (AvgIpc) is 2.51. The molecule has 0 radical (unpaired) electrons. The first kappa shape index (κ1) is 13.8. The molecule has 106 valence electrons. The first-order valence-corrected chi connectivity index (χ1v) is 6.68. The zero-order chi connectivity index (χ0) is 14.8. The van der Waals surface area contributed by atoms with Gasteiger partial charge >= 0.3 is 0 Å². The summed E-state index contributed by atoms with van der Waals surface area (Å²) in [5.41, 5.74) is 0.690. The number of hydrogen-bond acceptors (Lipinski definition) is 3. The Labute approximate surface area is 125 Å². The highest BCUT2D eigenvalue weighted by molar-refractivity contribution is 6.35. The molecular formula is C16H11ClFNO2. The number of halogens is 2. The summed E-state index contributed by atoms with van der Waals surface area (Å²) in [6.45, 7) is -0.443. The first-order valence-electron chi connectivity index (χ1n) is 6.30. The maximum atomic E-state index is 13.7. The lowest BCUT2D eigenvalue weighted by Crippen LogP contribution is -1.96. The van der Waals surface area contributed by atoms with E-state index in [4.69, 9.17) is 16.3 Å². The van der Waals surface area contributed by atoms with E-state index in [2.05, 4.69) is 4.98 Å². The summed E-state index contributed by atoms with van der Waals surface area (Å²) < 4.78 is 19.4. The zero-order valence-corrected chi connectivity index (χ0v) is 11.6. The van der Waals surface area contributed by atoms with Crippen LogP contribution in [0.1, 0.15) is 5.56 Å². The van der Waals surface area contributed by atoms with Gasteiger partial charge in [-0.05, 0) is 36.4 Å².